The summed E-state index contributed by atoms with van der Waals surface area (Å²) in [6.45, 7) is 0. The summed E-state index contributed by atoms with van der Waals surface area (Å²) in [5, 5.41) is 15.0. The van der Waals surface area contributed by atoms with Crippen LogP contribution in [0.25, 0.3) is 0 Å². The lowest BCUT2D eigenvalue weighted by atomic mass is 9.81. The Balaban J connectivity index is 1.36. The first-order valence-corrected chi connectivity index (χ1v) is 11.7. The molecule has 1 heterocycles. The van der Waals surface area contributed by atoms with E-state index in [0.717, 1.165) is 17.7 Å². The van der Waals surface area contributed by atoms with Crippen LogP contribution in [0, 0.1) is 0 Å². The van der Waals surface area contributed by atoms with Crippen molar-refractivity contribution in [1.82, 2.24) is 5.16 Å². The number of hydrogen-bond donors (Lipinski definition) is 1. The molecule has 6 nitrogen and oxygen atoms in total. The van der Waals surface area contributed by atoms with Crippen LogP contribution >= 0.6 is 0 Å². The summed E-state index contributed by atoms with van der Waals surface area (Å²) >= 11 is 0. The van der Waals surface area contributed by atoms with Crippen LogP contribution < -0.4 is 0 Å². The second-order valence-corrected chi connectivity index (χ2v) is 8.86. The van der Waals surface area contributed by atoms with E-state index >= 15 is 0 Å². The topological polar surface area (TPSA) is 92.8 Å². The molecule has 0 bridgehead atoms. The normalized spacial score (nSPS) is 20.9. The first-order chi connectivity index (χ1) is 16.6. The number of aryl methyl sites for hydroxylation is 1. The number of carbonyl (C=O) groups excluding carboxylic acids is 2. The highest BCUT2D eigenvalue weighted by molar-refractivity contribution is 6.24. The van der Waals surface area contributed by atoms with Gasteiger partial charge in [0.15, 0.2) is 11.6 Å². The SMILES string of the molecule is O=C1CCCC(=Nc2ccccc2)/C1=C(/O)CCc1noc2c1C(=O)CC(c1ccccc1)C2. The Labute approximate surface area is 198 Å². The molecule has 0 amide bonds. The fourth-order valence-electron chi connectivity index (χ4n) is 4.86. The molecule has 5 rings (SSSR count). The van der Waals surface area contributed by atoms with E-state index in [1.807, 2.05) is 60.7 Å². The molecular weight excluding hydrogens is 428 g/mol. The number of rotatable bonds is 5. The molecule has 0 saturated heterocycles. The molecule has 1 N–H and O–H groups in total. The summed E-state index contributed by atoms with van der Waals surface area (Å²) in [6, 6.07) is 19.4. The molecule has 0 spiro atoms. The number of para-hydroxylation sites is 1. The van der Waals surface area contributed by atoms with Crippen molar-refractivity contribution in [2.24, 2.45) is 4.99 Å². The van der Waals surface area contributed by atoms with E-state index in [-0.39, 0.29) is 29.7 Å². The molecule has 1 unspecified atom stereocenters. The number of Topliss-reactive ketones (excluding diaryl/α,β-unsaturated/α-hetero) is 2. The Morgan fingerprint density at radius 1 is 0.971 bits per heavy atom. The molecule has 1 saturated carbocycles. The van der Waals surface area contributed by atoms with Crippen LogP contribution in [-0.2, 0) is 17.6 Å². The van der Waals surface area contributed by atoms with Crippen LogP contribution in [0.1, 0.15) is 65.4 Å². The van der Waals surface area contributed by atoms with E-state index in [9.17, 15) is 14.7 Å². The number of aliphatic hydroxyl groups excluding tert-OH is 1. The van der Waals surface area contributed by atoms with E-state index in [1.165, 1.54) is 0 Å². The van der Waals surface area contributed by atoms with Gasteiger partial charge in [0.25, 0.3) is 0 Å². The Morgan fingerprint density at radius 2 is 1.71 bits per heavy atom. The van der Waals surface area contributed by atoms with Gasteiger partial charge in [-0.05, 0) is 36.5 Å². The van der Waals surface area contributed by atoms with Gasteiger partial charge in [-0.3, -0.25) is 14.6 Å². The number of aromatic nitrogens is 1. The van der Waals surface area contributed by atoms with Gasteiger partial charge in [0.05, 0.1) is 28.2 Å². The van der Waals surface area contributed by atoms with Crippen molar-refractivity contribution in [1.29, 1.82) is 0 Å². The van der Waals surface area contributed by atoms with Gasteiger partial charge in [0.1, 0.15) is 11.5 Å². The number of benzene rings is 2. The maximum atomic E-state index is 13.0. The number of aliphatic imine (C=N–C) groups is 1. The molecule has 6 heteroatoms. The van der Waals surface area contributed by atoms with E-state index in [0.29, 0.717) is 60.4 Å². The number of carbonyl (C=O) groups is 2. The molecular formula is C28H26N2O4. The van der Waals surface area contributed by atoms with Gasteiger partial charge in [0.2, 0.25) is 0 Å². The van der Waals surface area contributed by atoms with Crippen LogP contribution in [-0.4, -0.2) is 27.5 Å². The van der Waals surface area contributed by atoms with Crippen molar-refractivity contribution in [3.8, 4) is 0 Å². The van der Waals surface area contributed by atoms with Crippen molar-refractivity contribution >= 4 is 23.0 Å². The van der Waals surface area contributed by atoms with E-state index < -0.39 is 0 Å². The smallest absolute Gasteiger partial charge is 0.168 e. The lowest BCUT2D eigenvalue weighted by Crippen LogP contribution is -2.21. The Bertz CT molecular complexity index is 1270. The van der Waals surface area contributed by atoms with Crippen molar-refractivity contribution in [2.75, 3.05) is 0 Å². The summed E-state index contributed by atoms with van der Waals surface area (Å²) in [5.74, 6) is 0.601. The standard InChI is InChI=1S/C28H26N2O4/c31-23-13-7-12-21(29-20-10-5-2-6-11-20)27(23)24(32)15-14-22-28-25(33)16-19(17-26(28)34-30-22)18-8-3-1-4-9-18/h1-6,8-11,19,32H,7,12-17H2/b27-24-,29-21?. The van der Waals surface area contributed by atoms with Crippen LogP contribution in [0.5, 0.6) is 0 Å². The number of aliphatic hydroxyl groups is 1. The lowest BCUT2D eigenvalue weighted by Gasteiger charge is -2.20. The molecule has 172 valence electrons. The molecule has 3 aromatic rings. The summed E-state index contributed by atoms with van der Waals surface area (Å²) in [7, 11) is 0. The van der Waals surface area contributed by atoms with Crippen LogP contribution in [0.15, 0.2) is 81.5 Å². The lowest BCUT2D eigenvalue weighted by molar-refractivity contribution is -0.115. The third-order valence-corrected chi connectivity index (χ3v) is 6.54. The molecule has 1 atom stereocenters. The minimum atomic E-state index is -0.0950. The van der Waals surface area contributed by atoms with Gasteiger partial charge < -0.3 is 9.63 Å². The molecule has 2 aromatic carbocycles. The zero-order valence-electron chi connectivity index (χ0n) is 18.9. The maximum absolute atomic E-state index is 13.0. The van der Waals surface area contributed by atoms with E-state index in [2.05, 4.69) is 10.1 Å². The maximum Gasteiger partial charge on any atom is 0.168 e. The highest BCUT2D eigenvalue weighted by Crippen LogP contribution is 2.35. The molecule has 34 heavy (non-hydrogen) atoms. The molecule has 1 fully saturated rings. The first kappa shape index (κ1) is 22.0. The molecule has 0 aliphatic heterocycles. The van der Waals surface area contributed by atoms with Crippen LogP contribution in [0.4, 0.5) is 5.69 Å². The van der Waals surface area contributed by atoms with Crippen molar-refractivity contribution in [2.45, 2.75) is 50.9 Å². The van der Waals surface area contributed by atoms with Gasteiger partial charge in [-0.15, -0.1) is 0 Å². The Kier molecular flexibility index (Phi) is 6.21. The number of allylic oxidation sites excluding steroid dienone is 2. The summed E-state index contributed by atoms with van der Waals surface area (Å²) in [5.41, 5.74) is 3.87. The number of hydrogen-bond acceptors (Lipinski definition) is 6. The fraction of sp³-hybridized carbons (Fsp3) is 0.286. The molecule has 2 aliphatic carbocycles. The van der Waals surface area contributed by atoms with Gasteiger partial charge in [-0.1, -0.05) is 53.7 Å². The first-order valence-electron chi connectivity index (χ1n) is 11.7. The predicted molar refractivity (Wildman–Crippen MR) is 129 cm³/mol. The van der Waals surface area contributed by atoms with Crippen molar-refractivity contribution in [3.05, 3.63) is 94.6 Å². The predicted octanol–water partition coefficient (Wildman–Crippen LogP) is 5.86. The van der Waals surface area contributed by atoms with Crippen molar-refractivity contribution < 1.29 is 19.2 Å². The summed E-state index contributed by atoms with van der Waals surface area (Å²) in [4.78, 5) is 30.2. The summed E-state index contributed by atoms with van der Waals surface area (Å²) < 4.78 is 5.55. The van der Waals surface area contributed by atoms with Gasteiger partial charge in [-0.25, -0.2) is 0 Å². The number of fused-ring (bicyclic) bond motifs is 1. The minimum absolute atomic E-state index is 0.00144. The Morgan fingerprint density at radius 3 is 2.47 bits per heavy atom. The van der Waals surface area contributed by atoms with Crippen LogP contribution in [0.3, 0.4) is 0 Å². The highest BCUT2D eigenvalue weighted by atomic mass is 16.5. The number of nitrogens with zero attached hydrogens (tertiary/aromatic N) is 2. The van der Waals surface area contributed by atoms with Crippen LogP contribution in [0.2, 0.25) is 0 Å². The van der Waals surface area contributed by atoms with Crippen molar-refractivity contribution in [3.63, 3.8) is 0 Å². The average Bonchev–Trinajstić information content (AvgIpc) is 3.27. The zero-order valence-corrected chi connectivity index (χ0v) is 18.9. The highest BCUT2D eigenvalue weighted by Gasteiger charge is 2.33. The van der Waals surface area contributed by atoms with Gasteiger partial charge in [0, 0.05) is 32.1 Å². The second kappa shape index (κ2) is 9.59. The van der Waals surface area contributed by atoms with Gasteiger partial charge >= 0.3 is 0 Å². The van der Waals surface area contributed by atoms with Gasteiger partial charge in [-0.2, -0.15) is 0 Å². The van der Waals surface area contributed by atoms with E-state index in [1.54, 1.807) is 0 Å². The molecule has 0 radical (unpaired) electrons. The molecule has 2 aliphatic rings. The minimum Gasteiger partial charge on any atom is -0.511 e. The largest absolute Gasteiger partial charge is 0.511 e. The monoisotopic (exact) mass is 454 g/mol. The third-order valence-electron chi connectivity index (χ3n) is 6.54. The summed E-state index contributed by atoms with van der Waals surface area (Å²) in [6.07, 6.45) is 3.30. The molecule has 1 aromatic heterocycles. The third kappa shape index (κ3) is 4.49. The quantitative estimate of drug-likeness (QED) is 0.385. The zero-order chi connectivity index (χ0) is 23.5. The number of ketones is 2. The van der Waals surface area contributed by atoms with E-state index in [4.69, 9.17) is 4.52 Å². The Hall–Kier alpha value is -3.80. The second-order valence-electron chi connectivity index (χ2n) is 8.86. The fourth-order valence-corrected chi connectivity index (χ4v) is 4.86. The average molecular weight is 455 g/mol.